The summed E-state index contributed by atoms with van der Waals surface area (Å²) in [7, 11) is 1.56. The number of para-hydroxylation sites is 1. The number of amides is 2. The lowest BCUT2D eigenvalue weighted by atomic mass is 10.0. The smallest absolute Gasteiger partial charge is 0.277 e. The predicted molar refractivity (Wildman–Crippen MR) is 112 cm³/mol. The zero-order chi connectivity index (χ0) is 21.1. The van der Waals surface area contributed by atoms with E-state index < -0.39 is 0 Å². The maximum absolute atomic E-state index is 13.4. The summed E-state index contributed by atoms with van der Waals surface area (Å²) in [6.45, 7) is 1.77. The minimum absolute atomic E-state index is 0.249. The van der Waals surface area contributed by atoms with Crippen LogP contribution in [0.5, 0.6) is 5.75 Å². The van der Waals surface area contributed by atoms with Crippen LogP contribution in [0.2, 0.25) is 0 Å². The molecule has 0 unspecified atom stereocenters. The van der Waals surface area contributed by atoms with Gasteiger partial charge in [0, 0.05) is 25.2 Å². The van der Waals surface area contributed by atoms with Crippen molar-refractivity contribution < 1.29 is 18.7 Å². The van der Waals surface area contributed by atoms with E-state index in [1.165, 1.54) is 17.0 Å². The lowest BCUT2D eigenvalue weighted by Crippen LogP contribution is -2.38. The van der Waals surface area contributed by atoms with Crippen molar-refractivity contribution in [3.8, 4) is 5.75 Å². The molecule has 2 aromatic carbocycles. The monoisotopic (exact) mass is 408 g/mol. The Kier molecular flexibility index (Phi) is 5.84. The number of nitrogens with zero attached hydrogens (tertiary/aromatic N) is 2. The molecule has 0 aromatic heterocycles. The first-order valence-corrected chi connectivity index (χ1v) is 10.3. The van der Waals surface area contributed by atoms with Crippen molar-refractivity contribution in [1.29, 1.82) is 0 Å². The second-order valence-corrected chi connectivity index (χ2v) is 7.61. The average Bonchev–Trinajstić information content (AvgIpc) is 3.03. The number of likely N-dealkylation sites (tertiary alicyclic amines) is 1. The van der Waals surface area contributed by atoms with E-state index >= 15 is 0 Å². The largest absolute Gasteiger partial charge is 0.496 e. The van der Waals surface area contributed by atoms with Crippen LogP contribution in [0.4, 0.5) is 4.39 Å². The van der Waals surface area contributed by atoms with Crippen molar-refractivity contribution in [2.45, 2.75) is 25.7 Å². The van der Waals surface area contributed by atoms with Gasteiger partial charge in [-0.2, -0.15) is 0 Å². The number of ether oxygens (including phenoxy) is 1. The van der Waals surface area contributed by atoms with Gasteiger partial charge in [-0.3, -0.25) is 14.5 Å². The van der Waals surface area contributed by atoms with Crippen LogP contribution in [0.3, 0.4) is 0 Å². The zero-order valence-corrected chi connectivity index (χ0v) is 17.1. The molecule has 0 saturated carbocycles. The van der Waals surface area contributed by atoms with Gasteiger partial charge >= 0.3 is 0 Å². The zero-order valence-electron chi connectivity index (χ0n) is 17.1. The van der Waals surface area contributed by atoms with Gasteiger partial charge < -0.3 is 9.64 Å². The quantitative estimate of drug-likeness (QED) is 0.685. The molecule has 0 spiro atoms. The van der Waals surface area contributed by atoms with Gasteiger partial charge in [-0.15, -0.1) is 0 Å². The fourth-order valence-electron chi connectivity index (χ4n) is 4.16. The highest BCUT2D eigenvalue weighted by atomic mass is 19.1. The molecular weight excluding hydrogens is 383 g/mol. The topological polar surface area (TPSA) is 49.9 Å². The molecule has 30 heavy (non-hydrogen) atoms. The normalized spacial score (nSPS) is 17.1. The highest BCUT2D eigenvalue weighted by Gasteiger charge is 2.42. The summed E-state index contributed by atoms with van der Waals surface area (Å²) in [6.07, 6.45) is 3.61. The van der Waals surface area contributed by atoms with Crippen molar-refractivity contribution in [2.24, 2.45) is 0 Å². The number of hydrogen-bond donors (Lipinski definition) is 0. The Bertz CT molecular complexity index is 978. The molecule has 2 amide bonds. The Morgan fingerprint density at radius 3 is 2.33 bits per heavy atom. The summed E-state index contributed by atoms with van der Waals surface area (Å²) >= 11 is 0. The van der Waals surface area contributed by atoms with Crippen LogP contribution < -0.4 is 4.74 Å². The number of methoxy groups -OCH3 is 1. The van der Waals surface area contributed by atoms with E-state index in [0.29, 0.717) is 29.0 Å². The van der Waals surface area contributed by atoms with Crippen molar-refractivity contribution in [1.82, 2.24) is 9.80 Å². The fourth-order valence-corrected chi connectivity index (χ4v) is 4.16. The summed E-state index contributed by atoms with van der Waals surface area (Å²) < 4.78 is 18.7. The van der Waals surface area contributed by atoms with Crippen LogP contribution >= 0.6 is 0 Å². The van der Waals surface area contributed by atoms with Gasteiger partial charge in [-0.1, -0.05) is 30.3 Å². The highest BCUT2D eigenvalue weighted by Crippen LogP contribution is 2.37. The number of piperidine rings is 1. The third-order valence-electron chi connectivity index (χ3n) is 5.73. The Morgan fingerprint density at radius 1 is 0.933 bits per heavy atom. The summed E-state index contributed by atoms with van der Waals surface area (Å²) in [5, 5.41) is 0. The highest BCUT2D eigenvalue weighted by molar-refractivity contribution is 6.36. The van der Waals surface area contributed by atoms with Gasteiger partial charge in [-0.25, -0.2) is 4.39 Å². The Morgan fingerprint density at radius 2 is 1.63 bits per heavy atom. The van der Waals surface area contributed by atoms with Gasteiger partial charge in [0.25, 0.3) is 11.8 Å². The molecule has 1 fully saturated rings. The van der Waals surface area contributed by atoms with E-state index in [9.17, 15) is 14.0 Å². The first-order valence-electron chi connectivity index (χ1n) is 10.3. The molecule has 0 aliphatic carbocycles. The lowest BCUT2D eigenvalue weighted by Gasteiger charge is -2.29. The van der Waals surface area contributed by atoms with E-state index in [4.69, 9.17) is 4.74 Å². The summed E-state index contributed by atoms with van der Waals surface area (Å²) in [5.74, 6) is -0.291. The molecule has 2 aliphatic rings. The third-order valence-corrected chi connectivity index (χ3v) is 5.73. The number of imide groups is 1. The molecule has 0 atom stereocenters. The number of carbonyl (C=O) groups is 2. The van der Waals surface area contributed by atoms with Crippen LogP contribution in [-0.4, -0.2) is 48.4 Å². The van der Waals surface area contributed by atoms with Crippen LogP contribution in [0.1, 0.15) is 30.4 Å². The molecular formula is C24H25FN2O3. The molecule has 2 aromatic rings. The van der Waals surface area contributed by atoms with Crippen LogP contribution in [0.15, 0.2) is 54.2 Å². The number of carbonyl (C=O) groups excluding carboxylic acids is 2. The molecule has 2 heterocycles. The van der Waals surface area contributed by atoms with Crippen molar-refractivity contribution in [3.05, 3.63) is 71.2 Å². The van der Waals surface area contributed by atoms with E-state index in [-0.39, 0.29) is 24.2 Å². The second-order valence-electron chi connectivity index (χ2n) is 7.61. The number of hydrogen-bond acceptors (Lipinski definition) is 4. The molecule has 0 radical (unpaired) electrons. The van der Waals surface area contributed by atoms with Crippen LogP contribution in [0, 0.1) is 5.82 Å². The standard InChI is InChI=1S/C24H25FN2O3/c1-30-20-8-4-3-7-19(20)21-22(26-14-5-2-6-15-26)24(29)27(23(21)28)16-13-17-9-11-18(25)12-10-17/h3-4,7-12H,2,5-6,13-16H2,1H3. The molecule has 1 saturated heterocycles. The minimum atomic E-state index is -0.306. The van der Waals surface area contributed by atoms with Crippen molar-refractivity contribution >= 4 is 17.4 Å². The first-order chi connectivity index (χ1) is 14.6. The van der Waals surface area contributed by atoms with Crippen molar-refractivity contribution in [2.75, 3.05) is 26.7 Å². The SMILES string of the molecule is COc1ccccc1C1=C(N2CCCCC2)C(=O)N(CCc2ccc(F)cc2)C1=O. The van der Waals surface area contributed by atoms with Gasteiger partial charge in [0.15, 0.2) is 0 Å². The number of benzene rings is 2. The third kappa shape index (κ3) is 3.82. The molecule has 0 N–H and O–H groups in total. The Balaban J connectivity index is 1.67. The van der Waals surface area contributed by atoms with E-state index in [1.807, 2.05) is 23.1 Å². The molecule has 2 aliphatic heterocycles. The van der Waals surface area contributed by atoms with Gasteiger partial charge in [0.1, 0.15) is 17.3 Å². The molecule has 0 bridgehead atoms. The maximum atomic E-state index is 13.4. The predicted octanol–water partition coefficient (Wildman–Crippen LogP) is 3.64. The first kappa shape index (κ1) is 20.1. The Hall–Kier alpha value is -3.15. The number of halogens is 1. The van der Waals surface area contributed by atoms with Gasteiger partial charge in [0.05, 0.1) is 12.7 Å². The van der Waals surface area contributed by atoms with E-state index in [0.717, 1.165) is 37.9 Å². The average molecular weight is 408 g/mol. The van der Waals surface area contributed by atoms with Crippen LogP contribution in [0.25, 0.3) is 5.57 Å². The summed E-state index contributed by atoms with van der Waals surface area (Å²) in [6, 6.07) is 13.5. The fraction of sp³-hybridized carbons (Fsp3) is 0.333. The summed E-state index contributed by atoms with van der Waals surface area (Å²) in [4.78, 5) is 30.2. The maximum Gasteiger partial charge on any atom is 0.277 e. The second kappa shape index (κ2) is 8.69. The van der Waals surface area contributed by atoms with Crippen LogP contribution in [-0.2, 0) is 16.0 Å². The molecule has 156 valence electrons. The minimum Gasteiger partial charge on any atom is -0.496 e. The number of rotatable bonds is 6. The van der Waals surface area contributed by atoms with Gasteiger partial charge in [-0.05, 0) is 49.4 Å². The van der Waals surface area contributed by atoms with E-state index in [2.05, 4.69) is 0 Å². The lowest BCUT2D eigenvalue weighted by molar-refractivity contribution is -0.137. The van der Waals surface area contributed by atoms with Gasteiger partial charge in [0.2, 0.25) is 0 Å². The molecule has 5 nitrogen and oxygen atoms in total. The summed E-state index contributed by atoms with van der Waals surface area (Å²) in [5.41, 5.74) is 2.41. The van der Waals surface area contributed by atoms with Crippen molar-refractivity contribution in [3.63, 3.8) is 0 Å². The molecule has 4 rings (SSSR count). The Labute approximate surface area is 175 Å². The van der Waals surface area contributed by atoms with E-state index in [1.54, 1.807) is 25.3 Å². The molecule has 6 heteroatoms.